The number of hydrogen-bond acceptors (Lipinski definition) is 7. The molecule has 0 amide bonds. The second-order valence-electron chi connectivity index (χ2n) is 4.96. The summed E-state index contributed by atoms with van der Waals surface area (Å²) < 4.78 is 5.29. The molecular weight excluding hydrogens is 286 g/mol. The van der Waals surface area contributed by atoms with E-state index >= 15 is 0 Å². The van der Waals surface area contributed by atoms with Gasteiger partial charge >= 0.3 is 0 Å². The summed E-state index contributed by atoms with van der Waals surface area (Å²) in [5.41, 5.74) is 9.29. The van der Waals surface area contributed by atoms with Gasteiger partial charge in [0.25, 0.3) is 5.89 Å². The number of aromatic nitrogens is 4. The van der Waals surface area contributed by atoms with Crippen molar-refractivity contribution in [3.63, 3.8) is 0 Å². The van der Waals surface area contributed by atoms with E-state index < -0.39 is 0 Å². The van der Waals surface area contributed by atoms with Gasteiger partial charge in [0.15, 0.2) is 0 Å². The molecule has 0 bridgehead atoms. The fourth-order valence-corrected chi connectivity index (χ4v) is 2.72. The highest BCUT2D eigenvalue weighted by Gasteiger charge is 2.16. The molecule has 108 valence electrons. The second-order valence-corrected chi connectivity index (χ2v) is 5.85. The fraction of sp³-hybridized carbons (Fsp3) is 0.286. The van der Waals surface area contributed by atoms with Crippen LogP contribution in [0.1, 0.15) is 29.1 Å². The Bertz CT molecular complexity index is 777. The lowest BCUT2D eigenvalue weighted by Gasteiger charge is -2.00. The van der Waals surface area contributed by atoms with Gasteiger partial charge in [-0.1, -0.05) is 11.2 Å². The number of nitrogens with zero attached hydrogens (tertiary/aromatic N) is 4. The van der Waals surface area contributed by atoms with E-state index in [-0.39, 0.29) is 6.04 Å². The molecule has 7 heteroatoms. The van der Waals surface area contributed by atoms with E-state index in [0.29, 0.717) is 17.4 Å². The van der Waals surface area contributed by atoms with E-state index in [0.717, 1.165) is 21.8 Å². The average molecular weight is 301 g/mol. The van der Waals surface area contributed by atoms with E-state index in [1.807, 2.05) is 32.2 Å². The van der Waals surface area contributed by atoms with E-state index in [1.165, 1.54) is 11.3 Å². The molecular formula is C14H15N5OS. The average Bonchev–Trinajstić information content (AvgIpc) is 3.07. The maximum Gasteiger partial charge on any atom is 0.277 e. The number of nitrogens with two attached hydrogens (primary N) is 1. The van der Waals surface area contributed by atoms with Gasteiger partial charge < -0.3 is 10.3 Å². The van der Waals surface area contributed by atoms with Crippen molar-refractivity contribution in [1.29, 1.82) is 0 Å². The lowest BCUT2D eigenvalue weighted by atomic mass is 10.1. The summed E-state index contributed by atoms with van der Waals surface area (Å²) in [7, 11) is 0. The number of hydrogen-bond donors (Lipinski definition) is 1. The Morgan fingerprint density at radius 3 is 2.76 bits per heavy atom. The van der Waals surface area contributed by atoms with Crippen molar-refractivity contribution in [2.24, 2.45) is 5.73 Å². The third kappa shape index (κ3) is 2.70. The first kappa shape index (κ1) is 13.8. The van der Waals surface area contributed by atoms with Crippen LogP contribution in [0.25, 0.3) is 23.1 Å². The molecule has 3 heterocycles. The molecule has 0 aliphatic rings. The molecule has 0 saturated heterocycles. The summed E-state index contributed by atoms with van der Waals surface area (Å²) in [6.07, 6.45) is 1.79. The highest BCUT2D eigenvalue weighted by atomic mass is 32.1. The molecule has 3 aromatic rings. The standard InChI is InChI=1S/C14H15N5OS/c1-7-4-8(2)11(16-5-7)12-18-13(20-19-12)10-6-21-14(17-10)9(3)15/h4-6,9H,15H2,1-3H3. The predicted octanol–water partition coefficient (Wildman–Crippen LogP) is 2.89. The van der Waals surface area contributed by atoms with Gasteiger partial charge in [0.2, 0.25) is 5.82 Å². The normalized spacial score (nSPS) is 12.6. The van der Waals surface area contributed by atoms with E-state index in [2.05, 4.69) is 20.1 Å². The van der Waals surface area contributed by atoms with E-state index in [9.17, 15) is 0 Å². The Labute approximate surface area is 126 Å². The van der Waals surface area contributed by atoms with Crippen LogP contribution in [0.4, 0.5) is 0 Å². The van der Waals surface area contributed by atoms with Crippen molar-refractivity contribution in [3.05, 3.63) is 33.8 Å². The zero-order valence-corrected chi connectivity index (χ0v) is 12.8. The van der Waals surface area contributed by atoms with Crippen LogP contribution in [0.2, 0.25) is 0 Å². The summed E-state index contributed by atoms with van der Waals surface area (Å²) in [6.45, 7) is 5.86. The Kier molecular flexibility index (Phi) is 3.52. The SMILES string of the molecule is Cc1cnc(-c2noc(-c3csc(C(C)N)n3)n2)c(C)c1. The minimum Gasteiger partial charge on any atom is -0.332 e. The zero-order chi connectivity index (χ0) is 15.0. The largest absolute Gasteiger partial charge is 0.332 e. The maximum atomic E-state index is 5.81. The quantitative estimate of drug-likeness (QED) is 0.800. The van der Waals surface area contributed by atoms with E-state index in [4.69, 9.17) is 10.3 Å². The summed E-state index contributed by atoms with van der Waals surface area (Å²) in [5.74, 6) is 0.854. The topological polar surface area (TPSA) is 90.7 Å². The fourth-order valence-electron chi connectivity index (χ4n) is 1.97. The van der Waals surface area contributed by atoms with Crippen molar-refractivity contribution >= 4 is 11.3 Å². The maximum absolute atomic E-state index is 5.81. The smallest absolute Gasteiger partial charge is 0.277 e. The van der Waals surface area contributed by atoms with Crippen LogP contribution in [0, 0.1) is 13.8 Å². The molecule has 0 aliphatic carbocycles. The molecule has 0 aliphatic heterocycles. The van der Waals surface area contributed by atoms with Gasteiger partial charge in [-0.15, -0.1) is 11.3 Å². The van der Waals surface area contributed by atoms with Crippen molar-refractivity contribution in [2.75, 3.05) is 0 Å². The van der Waals surface area contributed by atoms with Crippen LogP contribution in [-0.4, -0.2) is 20.1 Å². The predicted molar refractivity (Wildman–Crippen MR) is 80.7 cm³/mol. The molecule has 0 radical (unpaired) electrons. The molecule has 3 aromatic heterocycles. The van der Waals surface area contributed by atoms with Crippen LogP contribution in [0.15, 0.2) is 22.2 Å². The van der Waals surface area contributed by atoms with Crippen molar-refractivity contribution in [1.82, 2.24) is 20.1 Å². The van der Waals surface area contributed by atoms with Crippen molar-refractivity contribution in [2.45, 2.75) is 26.8 Å². The van der Waals surface area contributed by atoms with Crippen LogP contribution in [0.3, 0.4) is 0 Å². The Balaban J connectivity index is 1.95. The van der Waals surface area contributed by atoms with Gasteiger partial charge in [-0.3, -0.25) is 4.98 Å². The number of rotatable bonds is 3. The third-order valence-corrected chi connectivity index (χ3v) is 4.03. The van der Waals surface area contributed by atoms with Gasteiger partial charge in [0.1, 0.15) is 16.4 Å². The Hall–Kier alpha value is -2.12. The number of pyridine rings is 1. The van der Waals surface area contributed by atoms with Crippen molar-refractivity contribution < 1.29 is 4.52 Å². The zero-order valence-electron chi connectivity index (χ0n) is 12.0. The second kappa shape index (κ2) is 5.34. The van der Waals surface area contributed by atoms with Gasteiger partial charge in [-0.05, 0) is 31.9 Å². The minimum absolute atomic E-state index is 0.104. The highest BCUT2D eigenvalue weighted by Crippen LogP contribution is 2.26. The van der Waals surface area contributed by atoms with Gasteiger partial charge in [-0.2, -0.15) is 4.98 Å². The van der Waals surface area contributed by atoms with Gasteiger partial charge in [-0.25, -0.2) is 4.98 Å². The molecule has 6 nitrogen and oxygen atoms in total. The number of thiazole rings is 1. The summed E-state index contributed by atoms with van der Waals surface area (Å²) in [5, 5.41) is 6.70. The monoisotopic (exact) mass is 301 g/mol. The summed E-state index contributed by atoms with van der Waals surface area (Å²) in [6, 6.07) is 1.93. The van der Waals surface area contributed by atoms with Crippen LogP contribution in [-0.2, 0) is 0 Å². The molecule has 0 aromatic carbocycles. The Morgan fingerprint density at radius 2 is 2.10 bits per heavy atom. The molecule has 0 spiro atoms. The molecule has 3 rings (SSSR count). The minimum atomic E-state index is -0.104. The molecule has 2 N–H and O–H groups in total. The van der Waals surface area contributed by atoms with Crippen LogP contribution < -0.4 is 5.73 Å². The lowest BCUT2D eigenvalue weighted by Crippen LogP contribution is -2.03. The van der Waals surface area contributed by atoms with Crippen LogP contribution in [0.5, 0.6) is 0 Å². The van der Waals surface area contributed by atoms with E-state index in [1.54, 1.807) is 6.20 Å². The first-order chi connectivity index (χ1) is 10.0. The molecule has 0 fully saturated rings. The summed E-state index contributed by atoms with van der Waals surface area (Å²) in [4.78, 5) is 13.1. The molecule has 0 saturated carbocycles. The van der Waals surface area contributed by atoms with Gasteiger partial charge in [0, 0.05) is 11.6 Å². The third-order valence-electron chi connectivity index (χ3n) is 2.98. The van der Waals surface area contributed by atoms with Gasteiger partial charge in [0.05, 0.1) is 6.04 Å². The molecule has 1 unspecified atom stereocenters. The first-order valence-electron chi connectivity index (χ1n) is 6.53. The lowest BCUT2D eigenvalue weighted by molar-refractivity contribution is 0.431. The molecule has 1 atom stereocenters. The summed E-state index contributed by atoms with van der Waals surface area (Å²) >= 11 is 1.48. The first-order valence-corrected chi connectivity index (χ1v) is 7.41. The number of aryl methyl sites for hydroxylation is 2. The van der Waals surface area contributed by atoms with Crippen LogP contribution >= 0.6 is 11.3 Å². The highest BCUT2D eigenvalue weighted by molar-refractivity contribution is 7.10. The molecule has 21 heavy (non-hydrogen) atoms. The van der Waals surface area contributed by atoms with Crippen molar-refractivity contribution in [3.8, 4) is 23.1 Å². The Morgan fingerprint density at radius 1 is 1.29 bits per heavy atom.